The molecule has 7 heteroatoms. The minimum absolute atomic E-state index is 0.192. The maximum Gasteiger partial charge on any atom is 0.306 e. The van der Waals surface area contributed by atoms with Crippen molar-refractivity contribution in [2.75, 3.05) is 0 Å². The van der Waals surface area contributed by atoms with Crippen molar-refractivity contribution in [2.24, 2.45) is 0 Å². The molecule has 3 rings (SSSR count). The quantitative estimate of drug-likeness (QED) is 0.488. The molecule has 122 valence electrons. The van der Waals surface area contributed by atoms with E-state index in [0.29, 0.717) is 31.8 Å². The Labute approximate surface area is 143 Å². The summed E-state index contributed by atoms with van der Waals surface area (Å²) in [5.74, 6) is 0.492. The van der Waals surface area contributed by atoms with Crippen molar-refractivity contribution in [3.8, 4) is 11.4 Å². The minimum atomic E-state index is -0.192. The van der Waals surface area contributed by atoms with Crippen LogP contribution in [0.15, 0.2) is 54.3 Å². The summed E-state index contributed by atoms with van der Waals surface area (Å²) in [7, 11) is 0. The largest absolute Gasteiger partial charge is 0.461 e. The van der Waals surface area contributed by atoms with Gasteiger partial charge in [0.25, 0.3) is 0 Å². The summed E-state index contributed by atoms with van der Waals surface area (Å²) in [4.78, 5) is 15.9. The zero-order valence-corrected chi connectivity index (χ0v) is 13.9. The van der Waals surface area contributed by atoms with Crippen LogP contribution in [0.4, 0.5) is 0 Å². The highest BCUT2D eigenvalue weighted by atomic mass is 32.1. The van der Waals surface area contributed by atoms with Crippen LogP contribution < -0.4 is 4.68 Å². The van der Waals surface area contributed by atoms with Gasteiger partial charge in [-0.25, -0.2) is 4.98 Å². The highest BCUT2D eigenvalue weighted by molar-refractivity contribution is 7.03. The fourth-order valence-electron chi connectivity index (χ4n) is 2.14. The Morgan fingerprint density at radius 3 is 2.79 bits per heavy atom. The van der Waals surface area contributed by atoms with Crippen LogP contribution in [0.1, 0.15) is 18.4 Å². The van der Waals surface area contributed by atoms with Gasteiger partial charge in [0, 0.05) is 12.5 Å². The molecule has 0 fully saturated rings. The van der Waals surface area contributed by atoms with Crippen LogP contribution in [0.25, 0.3) is 11.4 Å². The molecule has 6 nitrogen and oxygen atoms in total. The second-order valence-electron chi connectivity index (χ2n) is 5.18. The van der Waals surface area contributed by atoms with Gasteiger partial charge in [0.05, 0.1) is 12.0 Å². The molecule has 1 aromatic carbocycles. The number of aryl methyl sites for hydroxylation is 1. The van der Waals surface area contributed by atoms with Crippen molar-refractivity contribution in [1.82, 2.24) is 14.5 Å². The highest BCUT2D eigenvalue weighted by Crippen LogP contribution is 2.11. The molecular formula is C17H17N4O2S+. The third-order valence-corrected chi connectivity index (χ3v) is 3.88. The number of rotatable bonds is 7. The molecule has 0 N–H and O–H groups in total. The summed E-state index contributed by atoms with van der Waals surface area (Å²) in [6.45, 7) is 0.978. The molecule has 0 aliphatic rings. The number of esters is 1. The van der Waals surface area contributed by atoms with Gasteiger partial charge >= 0.3 is 5.97 Å². The maximum atomic E-state index is 11.7. The van der Waals surface area contributed by atoms with Crippen LogP contribution in [-0.2, 0) is 22.7 Å². The molecule has 0 spiro atoms. The number of hydrogen-bond donors (Lipinski definition) is 0. The van der Waals surface area contributed by atoms with Gasteiger partial charge in [-0.1, -0.05) is 35.0 Å². The van der Waals surface area contributed by atoms with Crippen LogP contribution >= 0.6 is 11.5 Å². The zero-order chi connectivity index (χ0) is 16.6. The van der Waals surface area contributed by atoms with Gasteiger partial charge in [0.15, 0.2) is 18.6 Å². The summed E-state index contributed by atoms with van der Waals surface area (Å²) in [6, 6.07) is 11.6. The van der Waals surface area contributed by atoms with Gasteiger partial charge < -0.3 is 4.74 Å². The minimum Gasteiger partial charge on any atom is -0.461 e. The van der Waals surface area contributed by atoms with E-state index in [1.54, 1.807) is 16.4 Å². The van der Waals surface area contributed by atoms with E-state index in [0.717, 1.165) is 11.1 Å². The first-order valence-electron chi connectivity index (χ1n) is 7.63. The standard InChI is InChI=1S/C17H17N4O2S/c22-16(23-12-14-5-2-1-3-6-14)7-4-9-21-10-8-15(11-19-21)17-18-13-24-20-17/h1-3,5-6,8,10-11,13H,4,7,9,12H2/q+1. The SMILES string of the molecule is O=C(CCC[n+]1ccc(-c2ncsn2)cn1)OCc1ccccc1. The molecule has 0 saturated carbocycles. The Morgan fingerprint density at radius 2 is 2.08 bits per heavy atom. The number of aromatic nitrogens is 4. The molecule has 0 bridgehead atoms. The van der Waals surface area contributed by atoms with Crippen molar-refractivity contribution >= 4 is 17.5 Å². The number of carbonyl (C=O) groups excluding carboxylic acids is 1. The molecular weight excluding hydrogens is 324 g/mol. The fourth-order valence-corrected chi connectivity index (χ4v) is 2.59. The van der Waals surface area contributed by atoms with Gasteiger partial charge in [-0.3, -0.25) is 4.79 Å². The number of ether oxygens (including phenoxy) is 1. The molecule has 0 amide bonds. The molecule has 0 aliphatic heterocycles. The lowest BCUT2D eigenvalue weighted by Gasteiger charge is -2.03. The van der Waals surface area contributed by atoms with Gasteiger partial charge in [0.2, 0.25) is 0 Å². The van der Waals surface area contributed by atoms with Crippen LogP contribution in [0.3, 0.4) is 0 Å². The van der Waals surface area contributed by atoms with Crippen molar-refractivity contribution in [3.05, 3.63) is 59.9 Å². The van der Waals surface area contributed by atoms with Crippen LogP contribution in [-0.4, -0.2) is 20.4 Å². The maximum absolute atomic E-state index is 11.7. The van der Waals surface area contributed by atoms with Crippen LogP contribution in [0, 0.1) is 0 Å². The monoisotopic (exact) mass is 341 g/mol. The molecule has 24 heavy (non-hydrogen) atoms. The van der Waals surface area contributed by atoms with Gasteiger partial charge in [-0.05, 0) is 22.2 Å². The first-order valence-corrected chi connectivity index (χ1v) is 8.47. The Balaban J connectivity index is 1.40. The van der Waals surface area contributed by atoms with Crippen LogP contribution in [0.2, 0.25) is 0 Å². The van der Waals surface area contributed by atoms with Crippen molar-refractivity contribution in [1.29, 1.82) is 0 Å². The van der Waals surface area contributed by atoms with E-state index in [2.05, 4.69) is 14.5 Å². The van der Waals surface area contributed by atoms with Crippen LogP contribution in [0.5, 0.6) is 0 Å². The zero-order valence-electron chi connectivity index (χ0n) is 13.0. The fraction of sp³-hybridized carbons (Fsp3) is 0.235. The third kappa shape index (κ3) is 4.66. The third-order valence-electron chi connectivity index (χ3n) is 3.40. The highest BCUT2D eigenvalue weighted by Gasteiger charge is 2.09. The van der Waals surface area contributed by atoms with Crippen molar-refractivity contribution < 1.29 is 14.2 Å². The molecule has 2 heterocycles. The van der Waals surface area contributed by atoms with Gasteiger partial charge in [-0.15, -0.1) is 0 Å². The summed E-state index contributed by atoms with van der Waals surface area (Å²) in [6.07, 6.45) is 4.65. The second kappa shape index (κ2) is 8.26. The Morgan fingerprint density at radius 1 is 1.21 bits per heavy atom. The molecule has 0 atom stereocenters. The van der Waals surface area contributed by atoms with Gasteiger partial charge in [-0.2, -0.15) is 4.37 Å². The summed E-state index contributed by atoms with van der Waals surface area (Å²) < 4.78 is 11.2. The van der Waals surface area contributed by atoms with E-state index >= 15 is 0 Å². The van der Waals surface area contributed by atoms with E-state index in [4.69, 9.17) is 4.74 Å². The average molecular weight is 341 g/mol. The summed E-state index contributed by atoms with van der Waals surface area (Å²) in [5.41, 5.74) is 3.57. The van der Waals surface area contributed by atoms with Gasteiger partial charge in [0.1, 0.15) is 18.3 Å². The lowest BCUT2D eigenvalue weighted by atomic mass is 10.2. The normalized spacial score (nSPS) is 10.5. The Hall–Kier alpha value is -2.67. The smallest absolute Gasteiger partial charge is 0.306 e. The second-order valence-corrected chi connectivity index (χ2v) is 5.79. The summed E-state index contributed by atoms with van der Waals surface area (Å²) in [5, 5.41) is 4.31. The van der Waals surface area contributed by atoms with E-state index in [1.807, 2.05) is 42.6 Å². The van der Waals surface area contributed by atoms with E-state index in [-0.39, 0.29) is 5.97 Å². The molecule has 0 aliphatic carbocycles. The lowest BCUT2D eigenvalue weighted by molar-refractivity contribution is -0.754. The predicted molar refractivity (Wildman–Crippen MR) is 88.8 cm³/mol. The number of benzene rings is 1. The molecule has 2 aromatic heterocycles. The predicted octanol–water partition coefficient (Wildman–Crippen LogP) is 2.41. The molecule has 3 aromatic rings. The van der Waals surface area contributed by atoms with Crippen molar-refractivity contribution in [2.45, 2.75) is 26.0 Å². The Kier molecular flexibility index (Phi) is 5.57. The van der Waals surface area contributed by atoms with E-state index < -0.39 is 0 Å². The number of carbonyl (C=O) groups is 1. The Bertz CT molecular complexity index is 761. The number of nitrogens with zero attached hydrogens (tertiary/aromatic N) is 4. The first-order chi connectivity index (χ1) is 11.8. The molecule has 0 radical (unpaired) electrons. The topological polar surface area (TPSA) is 68.9 Å². The van der Waals surface area contributed by atoms with E-state index in [1.165, 1.54) is 11.5 Å². The first kappa shape index (κ1) is 16.2. The average Bonchev–Trinajstić information content (AvgIpc) is 3.16. The molecule has 0 saturated heterocycles. The summed E-state index contributed by atoms with van der Waals surface area (Å²) >= 11 is 1.31. The van der Waals surface area contributed by atoms with E-state index in [9.17, 15) is 4.79 Å². The molecule has 0 unspecified atom stereocenters. The number of hydrogen-bond acceptors (Lipinski definition) is 6. The van der Waals surface area contributed by atoms with Crippen molar-refractivity contribution in [3.63, 3.8) is 0 Å². The lowest BCUT2D eigenvalue weighted by Crippen LogP contribution is -2.37.